The Morgan fingerprint density at radius 2 is 2.33 bits per heavy atom. The van der Waals surface area contributed by atoms with Gasteiger partial charge in [-0.05, 0) is 6.92 Å². The van der Waals surface area contributed by atoms with Gasteiger partial charge in [-0.15, -0.1) is 17.3 Å². The SMILES string of the molecule is CCOC(=O)[C@@H](N)CSN=O.Cl. The lowest BCUT2D eigenvalue weighted by atomic mass is 10.4. The third-order valence-electron chi connectivity index (χ3n) is 0.896. The smallest absolute Gasteiger partial charge is 0.323 e. The number of halogens is 1. The molecule has 0 unspecified atom stereocenters. The third kappa shape index (κ3) is 6.38. The van der Waals surface area contributed by atoms with Gasteiger partial charge in [-0.3, -0.25) is 4.79 Å². The van der Waals surface area contributed by atoms with Gasteiger partial charge in [0.05, 0.1) is 6.61 Å². The molecule has 0 saturated carbocycles. The number of carbonyl (C=O) groups is 1. The normalized spacial score (nSPS) is 11.2. The van der Waals surface area contributed by atoms with Crippen LogP contribution in [0.3, 0.4) is 0 Å². The van der Waals surface area contributed by atoms with Crippen molar-refractivity contribution in [3.05, 3.63) is 4.91 Å². The molecule has 0 heterocycles. The fraction of sp³-hybridized carbons (Fsp3) is 0.800. The second-order valence-corrected chi connectivity index (χ2v) is 2.47. The molecule has 0 aliphatic rings. The van der Waals surface area contributed by atoms with E-state index in [2.05, 4.69) is 9.32 Å². The standard InChI is InChI=1S/C5H10N2O3S.ClH/c1-2-10-5(8)4(6)3-11-7-9;/h4H,2-3,6H2,1H3;1H/t4-;/m0./s1. The van der Waals surface area contributed by atoms with Crippen LogP contribution in [0.25, 0.3) is 0 Å². The number of nitrogens with two attached hydrogens (primary N) is 1. The average molecular weight is 215 g/mol. The highest BCUT2D eigenvalue weighted by molar-refractivity contribution is 7.97. The molecule has 0 bridgehead atoms. The van der Waals surface area contributed by atoms with Crippen LogP contribution in [0.2, 0.25) is 0 Å². The molecule has 72 valence electrons. The van der Waals surface area contributed by atoms with Gasteiger partial charge in [-0.25, -0.2) is 0 Å². The van der Waals surface area contributed by atoms with E-state index in [1.54, 1.807) is 6.92 Å². The summed E-state index contributed by atoms with van der Waals surface area (Å²) in [5, 5.41) is 0. The molecule has 0 fully saturated rings. The number of hydrogen-bond acceptors (Lipinski definition) is 6. The second kappa shape index (κ2) is 8.76. The summed E-state index contributed by atoms with van der Waals surface area (Å²) in [5.74, 6) is -0.328. The molecule has 0 aromatic rings. The summed E-state index contributed by atoms with van der Waals surface area (Å²) in [7, 11) is 0. The Balaban J connectivity index is 0. The van der Waals surface area contributed by atoms with Gasteiger partial charge in [-0.1, -0.05) is 0 Å². The van der Waals surface area contributed by atoms with Crippen molar-refractivity contribution in [1.82, 2.24) is 0 Å². The Kier molecular flexibility index (Phi) is 10.4. The maximum Gasteiger partial charge on any atom is 0.323 e. The molecule has 2 N–H and O–H groups in total. The molecule has 5 nitrogen and oxygen atoms in total. The van der Waals surface area contributed by atoms with Gasteiger partial charge in [0.15, 0.2) is 0 Å². The second-order valence-electron chi connectivity index (χ2n) is 1.73. The Morgan fingerprint density at radius 3 is 2.75 bits per heavy atom. The van der Waals surface area contributed by atoms with Crippen LogP contribution >= 0.6 is 24.4 Å². The predicted octanol–water partition coefficient (Wildman–Crippen LogP) is 0.713. The van der Waals surface area contributed by atoms with Crippen molar-refractivity contribution in [3.63, 3.8) is 0 Å². The molecule has 1 atom stereocenters. The van der Waals surface area contributed by atoms with Crippen LogP contribution in [0.4, 0.5) is 0 Å². The fourth-order valence-electron chi connectivity index (χ4n) is 0.428. The number of carbonyl (C=O) groups excluding carboxylic acids is 1. The van der Waals surface area contributed by atoms with Crippen molar-refractivity contribution < 1.29 is 9.53 Å². The highest BCUT2D eigenvalue weighted by atomic mass is 35.5. The largest absolute Gasteiger partial charge is 0.465 e. The van der Waals surface area contributed by atoms with Crippen molar-refractivity contribution in [1.29, 1.82) is 0 Å². The number of nitrogens with zero attached hydrogens (tertiary/aromatic N) is 1. The topological polar surface area (TPSA) is 81.8 Å². The fourth-order valence-corrected chi connectivity index (χ4v) is 0.786. The summed E-state index contributed by atoms with van der Waals surface area (Å²) in [4.78, 5) is 20.3. The van der Waals surface area contributed by atoms with E-state index in [0.29, 0.717) is 18.6 Å². The molecule has 0 aromatic carbocycles. The summed E-state index contributed by atoms with van der Waals surface area (Å²) >= 11 is 0.714. The van der Waals surface area contributed by atoms with Crippen LogP contribution in [0.5, 0.6) is 0 Å². The first kappa shape index (κ1) is 14.2. The van der Waals surface area contributed by atoms with Crippen LogP contribution < -0.4 is 5.73 Å². The molecule has 0 rings (SSSR count). The molecule has 12 heavy (non-hydrogen) atoms. The zero-order valence-electron chi connectivity index (χ0n) is 6.56. The van der Waals surface area contributed by atoms with Crippen LogP contribution in [0.1, 0.15) is 6.92 Å². The van der Waals surface area contributed by atoms with E-state index in [1.807, 2.05) is 0 Å². The number of hydrogen-bond donors (Lipinski definition) is 1. The maximum absolute atomic E-state index is 10.7. The van der Waals surface area contributed by atoms with E-state index < -0.39 is 12.0 Å². The average Bonchev–Trinajstić information content (AvgIpc) is 2.00. The van der Waals surface area contributed by atoms with Crippen LogP contribution in [-0.4, -0.2) is 24.4 Å². The lowest BCUT2D eigenvalue weighted by Gasteiger charge is -2.06. The summed E-state index contributed by atoms with van der Waals surface area (Å²) in [6, 6.07) is -0.752. The molecular weight excluding hydrogens is 204 g/mol. The van der Waals surface area contributed by atoms with E-state index >= 15 is 0 Å². The lowest BCUT2D eigenvalue weighted by molar-refractivity contribution is -0.144. The monoisotopic (exact) mass is 214 g/mol. The maximum atomic E-state index is 10.7. The van der Waals surface area contributed by atoms with Crippen molar-refractivity contribution in [3.8, 4) is 0 Å². The first-order valence-electron chi connectivity index (χ1n) is 3.09. The first-order valence-corrected chi connectivity index (χ1v) is 4.03. The van der Waals surface area contributed by atoms with E-state index in [0.717, 1.165) is 0 Å². The first-order chi connectivity index (χ1) is 5.22. The molecule has 0 spiro atoms. The van der Waals surface area contributed by atoms with Crippen molar-refractivity contribution in [2.75, 3.05) is 12.4 Å². The number of esters is 1. The molecule has 0 radical (unpaired) electrons. The minimum atomic E-state index is -0.752. The van der Waals surface area contributed by atoms with Crippen molar-refractivity contribution >= 4 is 30.3 Å². The molecule has 7 heteroatoms. The van der Waals surface area contributed by atoms with Gasteiger partial charge in [0.25, 0.3) is 0 Å². The van der Waals surface area contributed by atoms with Gasteiger partial charge in [0, 0.05) is 22.3 Å². The number of rotatable bonds is 5. The van der Waals surface area contributed by atoms with Crippen LogP contribution in [0, 0.1) is 4.91 Å². The lowest BCUT2D eigenvalue weighted by Crippen LogP contribution is -2.34. The summed E-state index contributed by atoms with van der Waals surface area (Å²) in [5.41, 5.74) is 5.30. The number of nitroso groups, excluding NO2 is 1. The summed E-state index contributed by atoms with van der Waals surface area (Å²) in [6.45, 7) is 1.99. The minimum absolute atomic E-state index is 0. The molecule has 0 aromatic heterocycles. The van der Waals surface area contributed by atoms with Gasteiger partial charge in [-0.2, -0.15) is 0 Å². The Hall–Kier alpha value is -0.330. The zero-order valence-corrected chi connectivity index (χ0v) is 8.19. The zero-order chi connectivity index (χ0) is 8.69. The van der Waals surface area contributed by atoms with Crippen LogP contribution in [-0.2, 0) is 9.53 Å². The Morgan fingerprint density at radius 1 is 1.75 bits per heavy atom. The number of ether oxygens (including phenoxy) is 1. The van der Waals surface area contributed by atoms with Crippen molar-refractivity contribution in [2.45, 2.75) is 13.0 Å². The van der Waals surface area contributed by atoms with Gasteiger partial charge >= 0.3 is 5.97 Å². The van der Waals surface area contributed by atoms with Gasteiger partial charge in [0.2, 0.25) is 0 Å². The van der Waals surface area contributed by atoms with Gasteiger partial charge < -0.3 is 10.5 Å². The summed E-state index contributed by atoms with van der Waals surface area (Å²) < 4.78 is 7.08. The Labute approximate surface area is 80.9 Å². The van der Waals surface area contributed by atoms with E-state index in [-0.39, 0.29) is 18.2 Å². The van der Waals surface area contributed by atoms with E-state index in [9.17, 15) is 9.70 Å². The summed E-state index contributed by atoms with van der Waals surface area (Å²) in [6.07, 6.45) is 0. The highest BCUT2D eigenvalue weighted by Gasteiger charge is 2.14. The van der Waals surface area contributed by atoms with E-state index in [1.165, 1.54) is 0 Å². The van der Waals surface area contributed by atoms with Crippen LogP contribution in [0.15, 0.2) is 4.58 Å². The predicted molar refractivity (Wildman–Crippen MR) is 50.1 cm³/mol. The molecule has 0 amide bonds. The Bertz CT molecular complexity index is 147. The van der Waals surface area contributed by atoms with Gasteiger partial charge in [0.1, 0.15) is 6.04 Å². The molecule has 0 saturated heterocycles. The highest BCUT2D eigenvalue weighted by Crippen LogP contribution is 2.02. The molecule has 0 aliphatic carbocycles. The van der Waals surface area contributed by atoms with Crippen molar-refractivity contribution in [2.24, 2.45) is 10.3 Å². The quantitative estimate of drug-likeness (QED) is 0.414. The molecular formula is C5H11ClN2O3S. The minimum Gasteiger partial charge on any atom is -0.465 e. The molecule has 0 aliphatic heterocycles. The van der Waals surface area contributed by atoms with E-state index in [4.69, 9.17) is 5.73 Å². The third-order valence-corrected chi connectivity index (χ3v) is 1.51.